The molecule has 1 atom stereocenters. The van der Waals surface area contributed by atoms with Gasteiger partial charge < -0.3 is 19.8 Å². The van der Waals surface area contributed by atoms with Gasteiger partial charge in [0.25, 0.3) is 0 Å². The number of aromatic nitrogens is 2. The molecule has 3 N–H and O–H groups in total. The molecule has 0 bridgehead atoms. The lowest BCUT2D eigenvalue weighted by molar-refractivity contribution is -0.137. The maximum Gasteiger partial charge on any atom is 0.306 e. The van der Waals surface area contributed by atoms with Gasteiger partial charge in [-0.15, -0.1) is 0 Å². The third-order valence-electron chi connectivity index (χ3n) is 6.70. The number of hydrogen-bond acceptors (Lipinski definition) is 2. The van der Waals surface area contributed by atoms with Gasteiger partial charge in [0.1, 0.15) is 5.75 Å². The van der Waals surface area contributed by atoms with Gasteiger partial charge in [0.15, 0.2) is 0 Å². The first-order valence-electron chi connectivity index (χ1n) is 12.5. The number of carbonyl (C=O) groups is 1. The number of aromatic amines is 2. The van der Waals surface area contributed by atoms with E-state index >= 15 is 0 Å². The van der Waals surface area contributed by atoms with Crippen LogP contribution in [0.2, 0.25) is 0 Å². The van der Waals surface area contributed by atoms with Gasteiger partial charge in [-0.2, -0.15) is 0 Å². The summed E-state index contributed by atoms with van der Waals surface area (Å²) in [5, 5.41) is 10.1. The Kier molecular flexibility index (Phi) is 7.79. The molecular formula is C31H34N2O3. The summed E-state index contributed by atoms with van der Waals surface area (Å²) in [6, 6.07) is 14.5. The standard InChI is InChI=1S/C31H34N2O3/c1-5-9-24-26(18-32-30(24)20(4)6-2)29(22-12-14-23(15-13-22)36-17-16-28(34)35)27-19-33-31-21(7-3)10-8-11-25(27)31/h5,8-15,18-19,29,32-33H,4,6-7,16-17H2,1-3H3,(H,34,35)/b9-5-. The number of aliphatic carboxylic acids is 1. The van der Waals surface area contributed by atoms with Crippen molar-refractivity contribution in [2.24, 2.45) is 0 Å². The molecule has 186 valence electrons. The minimum atomic E-state index is -0.870. The molecule has 2 aromatic carbocycles. The molecule has 0 amide bonds. The Morgan fingerprint density at radius 2 is 1.83 bits per heavy atom. The second-order valence-electron chi connectivity index (χ2n) is 8.92. The minimum Gasteiger partial charge on any atom is -0.493 e. The SMILES string of the molecule is C=C(CC)c1[nH]cc(C(c2ccc(OCCC(=O)O)cc2)c2c[nH]c3c(CC)cccc23)c1/C=C\C. The molecular weight excluding hydrogens is 448 g/mol. The van der Waals surface area contributed by atoms with Crippen molar-refractivity contribution in [2.45, 2.75) is 46.0 Å². The molecule has 4 aromatic rings. The number of carboxylic acid groups (broad SMARTS) is 1. The van der Waals surface area contributed by atoms with E-state index in [9.17, 15) is 4.79 Å². The number of H-pyrrole nitrogens is 2. The fourth-order valence-electron chi connectivity index (χ4n) is 4.82. The summed E-state index contributed by atoms with van der Waals surface area (Å²) in [4.78, 5) is 17.9. The van der Waals surface area contributed by atoms with Gasteiger partial charge in [-0.25, -0.2) is 0 Å². The van der Waals surface area contributed by atoms with Crippen LogP contribution in [0.1, 0.15) is 73.0 Å². The number of fused-ring (bicyclic) bond motifs is 1. The number of rotatable bonds is 11. The van der Waals surface area contributed by atoms with E-state index in [1.165, 1.54) is 27.6 Å². The first kappa shape index (κ1) is 25.1. The van der Waals surface area contributed by atoms with Crippen LogP contribution in [0.25, 0.3) is 22.6 Å². The van der Waals surface area contributed by atoms with Crippen LogP contribution in [-0.2, 0) is 11.2 Å². The van der Waals surface area contributed by atoms with Crippen LogP contribution in [0.15, 0.2) is 67.5 Å². The Morgan fingerprint density at radius 3 is 2.50 bits per heavy atom. The predicted molar refractivity (Wildman–Crippen MR) is 148 cm³/mol. The third kappa shape index (κ3) is 5.01. The molecule has 0 saturated heterocycles. The zero-order valence-electron chi connectivity index (χ0n) is 21.2. The summed E-state index contributed by atoms with van der Waals surface area (Å²) < 4.78 is 5.64. The van der Waals surface area contributed by atoms with E-state index in [0.29, 0.717) is 5.75 Å². The van der Waals surface area contributed by atoms with Crippen LogP contribution in [0.4, 0.5) is 0 Å². The Morgan fingerprint density at radius 1 is 1.08 bits per heavy atom. The van der Waals surface area contributed by atoms with Gasteiger partial charge in [-0.1, -0.05) is 62.9 Å². The summed E-state index contributed by atoms with van der Waals surface area (Å²) in [6.07, 6.45) is 10.3. The van der Waals surface area contributed by atoms with E-state index in [1.54, 1.807) is 0 Å². The van der Waals surface area contributed by atoms with E-state index in [-0.39, 0.29) is 18.9 Å². The van der Waals surface area contributed by atoms with Crippen molar-refractivity contribution in [2.75, 3.05) is 6.61 Å². The molecule has 2 aromatic heterocycles. The van der Waals surface area contributed by atoms with Crippen molar-refractivity contribution >= 4 is 28.5 Å². The van der Waals surface area contributed by atoms with E-state index in [1.807, 2.05) is 19.1 Å². The molecule has 0 radical (unpaired) electrons. The van der Waals surface area contributed by atoms with Gasteiger partial charge in [0.05, 0.1) is 13.0 Å². The van der Waals surface area contributed by atoms with Crippen molar-refractivity contribution in [3.63, 3.8) is 0 Å². The van der Waals surface area contributed by atoms with Gasteiger partial charge in [0.2, 0.25) is 0 Å². The normalized spacial score (nSPS) is 12.3. The first-order valence-corrected chi connectivity index (χ1v) is 12.5. The van der Waals surface area contributed by atoms with E-state index < -0.39 is 5.97 Å². The first-order chi connectivity index (χ1) is 17.5. The van der Waals surface area contributed by atoms with Crippen molar-refractivity contribution in [3.8, 4) is 5.75 Å². The maximum absolute atomic E-state index is 10.8. The summed E-state index contributed by atoms with van der Waals surface area (Å²) >= 11 is 0. The van der Waals surface area contributed by atoms with Crippen LogP contribution < -0.4 is 4.74 Å². The van der Waals surface area contributed by atoms with Gasteiger partial charge in [-0.05, 0) is 59.7 Å². The second kappa shape index (κ2) is 11.2. The fourth-order valence-corrected chi connectivity index (χ4v) is 4.82. The minimum absolute atomic E-state index is 0.0280. The topological polar surface area (TPSA) is 78.1 Å². The van der Waals surface area contributed by atoms with E-state index in [0.717, 1.165) is 35.2 Å². The van der Waals surface area contributed by atoms with Crippen molar-refractivity contribution < 1.29 is 14.6 Å². The number of aryl methyl sites for hydroxylation is 1. The fraction of sp³-hybridized carbons (Fsp3) is 0.258. The molecule has 5 nitrogen and oxygen atoms in total. The van der Waals surface area contributed by atoms with E-state index in [2.05, 4.69) is 85.3 Å². The Bertz CT molecular complexity index is 1390. The Balaban J connectivity index is 1.86. The molecule has 0 spiro atoms. The predicted octanol–water partition coefficient (Wildman–Crippen LogP) is 7.55. The summed E-state index contributed by atoms with van der Waals surface area (Å²) in [7, 11) is 0. The van der Waals surface area contributed by atoms with Crippen LogP contribution in [0.3, 0.4) is 0 Å². The lowest BCUT2D eigenvalue weighted by Gasteiger charge is -2.19. The van der Waals surface area contributed by atoms with Crippen molar-refractivity contribution in [1.29, 1.82) is 0 Å². The average Bonchev–Trinajstić information content (AvgIpc) is 3.50. The number of carboxylic acids is 1. The van der Waals surface area contributed by atoms with Crippen LogP contribution in [-0.4, -0.2) is 27.7 Å². The molecule has 0 saturated carbocycles. The number of para-hydroxylation sites is 1. The molecule has 4 rings (SSSR count). The summed E-state index contributed by atoms with van der Waals surface area (Å²) in [5.41, 5.74) is 9.27. The largest absolute Gasteiger partial charge is 0.493 e. The smallest absolute Gasteiger partial charge is 0.306 e. The number of hydrogen-bond donors (Lipinski definition) is 3. The lowest BCUT2D eigenvalue weighted by atomic mass is 9.83. The second-order valence-corrected chi connectivity index (χ2v) is 8.92. The van der Waals surface area contributed by atoms with Crippen molar-refractivity contribution in [1.82, 2.24) is 9.97 Å². The molecule has 0 fully saturated rings. The summed E-state index contributed by atoms with van der Waals surface area (Å²) in [6.45, 7) is 10.8. The number of benzene rings is 2. The average molecular weight is 483 g/mol. The lowest BCUT2D eigenvalue weighted by Crippen LogP contribution is -2.06. The van der Waals surface area contributed by atoms with Crippen LogP contribution >= 0.6 is 0 Å². The molecule has 0 aliphatic heterocycles. The third-order valence-corrected chi connectivity index (χ3v) is 6.70. The number of ether oxygens (including phenoxy) is 1. The molecule has 0 aliphatic rings. The van der Waals surface area contributed by atoms with Crippen LogP contribution in [0, 0.1) is 0 Å². The zero-order valence-corrected chi connectivity index (χ0v) is 21.2. The Labute approximate surface area is 212 Å². The summed E-state index contributed by atoms with van der Waals surface area (Å²) in [5.74, 6) is -0.237. The van der Waals surface area contributed by atoms with Crippen LogP contribution in [0.5, 0.6) is 5.75 Å². The highest BCUT2D eigenvalue weighted by molar-refractivity contribution is 5.88. The molecule has 2 heterocycles. The monoisotopic (exact) mass is 482 g/mol. The number of allylic oxidation sites excluding steroid dienone is 2. The highest BCUT2D eigenvalue weighted by Crippen LogP contribution is 2.41. The van der Waals surface area contributed by atoms with Gasteiger partial charge in [0, 0.05) is 40.5 Å². The zero-order chi connectivity index (χ0) is 25.7. The van der Waals surface area contributed by atoms with Gasteiger partial charge in [-0.3, -0.25) is 4.79 Å². The highest BCUT2D eigenvalue weighted by Gasteiger charge is 2.25. The maximum atomic E-state index is 10.8. The Hall–Kier alpha value is -3.99. The molecule has 5 heteroatoms. The molecule has 1 unspecified atom stereocenters. The number of nitrogens with one attached hydrogen (secondary N) is 2. The highest BCUT2D eigenvalue weighted by atomic mass is 16.5. The molecule has 0 aliphatic carbocycles. The van der Waals surface area contributed by atoms with Gasteiger partial charge >= 0.3 is 5.97 Å². The van der Waals surface area contributed by atoms with E-state index in [4.69, 9.17) is 9.84 Å². The molecule has 36 heavy (non-hydrogen) atoms. The van der Waals surface area contributed by atoms with Crippen molar-refractivity contribution in [3.05, 3.63) is 101 Å². The quantitative estimate of drug-likeness (QED) is 0.206.